The van der Waals surface area contributed by atoms with Crippen molar-refractivity contribution in [2.75, 3.05) is 31.1 Å². The van der Waals surface area contributed by atoms with Gasteiger partial charge in [-0.1, -0.05) is 17.7 Å². The van der Waals surface area contributed by atoms with E-state index in [1.54, 1.807) is 6.07 Å². The molecule has 10 heteroatoms. The first-order chi connectivity index (χ1) is 14.3. The van der Waals surface area contributed by atoms with Gasteiger partial charge in [0.15, 0.2) is 5.13 Å². The molecule has 0 amide bonds. The van der Waals surface area contributed by atoms with Crippen LogP contribution in [-0.2, 0) is 16.4 Å². The van der Waals surface area contributed by atoms with Crippen LogP contribution in [0, 0.1) is 11.6 Å². The molecule has 0 bridgehead atoms. The van der Waals surface area contributed by atoms with E-state index in [1.165, 1.54) is 46.0 Å². The molecule has 0 atom stereocenters. The fourth-order valence-electron chi connectivity index (χ4n) is 3.34. The molecule has 3 aromatic rings. The van der Waals surface area contributed by atoms with Crippen molar-refractivity contribution in [1.82, 2.24) is 9.29 Å². The Hall–Kier alpha value is -2.07. The molecule has 30 heavy (non-hydrogen) atoms. The van der Waals surface area contributed by atoms with Crippen LogP contribution < -0.4 is 4.90 Å². The molecule has 0 N–H and O–H groups in total. The second-order valence-electron chi connectivity index (χ2n) is 6.92. The molecule has 5 nitrogen and oxygen atoms in total. The topological polar surface area (TPSA) is 53.5 Å². The van der Waals surface area contributed by atoms with Crippen molar-refractivity contribution in [3.63, 3.8) is 0 Å². The maximum absolute atomic E-state index is 13.5. The number of rotatable bonds is 5. The summed E-state index contributed by atoms with van der Waals surface area (Å²) in [5.41, 5.74) is 1.54. The predicted octanol–water partition coefficient (Wildman–Crippen LogP) is 4.18. The molecule has 0 radical (unpaired) electrons. The minimum atomic E-state index is -3.73. The number of hydrogen-bond acceptors (Lipinski definition) is 5. The lowest BCUT2D eigenvalue weighted by Crippen LogP contribution is -2.48. The number of aromatic nitrogens is 1. The van der Waals surface area contributed by atoms with E-state index >= 15 is 0 Å². The molecule has 0 saturated carbocycles. The number of nitrogens with zero attached hydrogens (tertiary/aromatic N) is 3. The van der Waals surface area contributed by atoms with Crippen molar-refractivity contribution in [2.45, 2.75) is 11.3 Å². The summed E-state index contributed by atoms with van der Waals surface area (Å²) in [7, 11) is -3.73. The fourth-order valence-corrected chi connectivity index (χ4v) is 5.92. The van der Waals surface area contributed by atoms with E-state index in [0.717, 1.165) is 22.5 Å². The quantitative estimate of drug-likeness (QED) is 0.562. The lowest BCUT2D eigenvalue weighted by atomic mass is 10.1. The van der Waals surface area contributed by atoms with E-state index < -0.39 is 15.8 Å². The van der Waals surface area contributed by atoms with E-state index in [-0.39, 0.29) is 23.8 Å². The third kappa shape index (κ3) is 4.64. The second-order valence-corrected chi connectivity index (χ2v) is 10.1. The van der Waals surface area contributed by atoms with Crippen LogP contribution >= 0.6 is 22.9 Å². The van der Waals surface area contributed by atoms with E-state index in [9.17, 15) is 17.2 Å². The van der Waals surface area contributed by atoms with Gasteiger partial charge < -0.3 is 4.90 Å². The molecule has 0 unspecified atom stereocenters. The molecule has 1 aliphatic heterocycles. The molecule has 4 rings (SSSR count). The molecule has 1 saturated heterocycles. The normalized spacial score (nSPS) is 15.5. The molecule has 0 spiro atoms. The van der Waals surface area contributed by atoms with Gasteiger partial charge in [-0.15, -0.1) is 11.3 Å². The van der Waals surface area contributed by atoms with Crippen molar-refractivity contribution in [3.05, 3.63) is 75.8 Å². The lowest BCUT2D eigenvalue weighted by molar-refractivity contribution is 0.384. The van der Waals surface area contributed by atoms with Gasteiger partial charge in [0, 0.05) is 43.0 Å². The minimum Gasteiger partial charge on any atom is -0.345 e. The Bertz CT molecular complexity index is 1140. The monoisotopic (exact) mass is 469 g/mol. The molecular formula is C20H18ClF2N3O2S2. The molecule has 158 valence electrons. The standard InChI is InChI=1S/C20H18ClF2N3O2S2/c21-15-8-14(9-17(23)11-15)10-18-13-29-20(24-18)25-4-6-26(7-5-25)30(27,28)19-3-1-2-16(22)12-19/h1-3,8-9,11-13H,4-7,10H2. The van der Waals surface area contributed by atoms with Crippen molar-refractivity contribution in [2.24, 2.45) is 0 Å². The van der Waals surface area contributed by atoms with E-state index in [4.69, 9.17) is 11.6 Å². The van der Waals surface area contributed by atoms with Crippen LogP contribution in [0.3, 0.4) is 0 Å². The summed E-state index contributed by atoms with van der Waals surface area (Å²) >= 11 is 7.37. The highest BCUT2D eigenvalue weighted by molar-refractivity contribution is 7.89. The van der Waals surface area contributed by atoms with Gasteiger partial charge in [-0.05, 0) is 42.0 Å². The van der Waals surface area contributed by atoms with Crippen LogP contribution in [0.25, 0.3) is 0 Å². The zero-order valence-electron chi connectivity index (χ0n) is 15.8. The number of benzene rings is 2. The van der Waals surface area contributed by atoms with Crippen LogP contribution in [0.4, 0.5) is 13.9 Å². The number of piperazine rings is 1. The molecule has 1 fully saturated rings. The third-order valence-electron chi connectivity index (χ3n) is 4.79. The summed E-state index contributed by atoms with van der Waals surface area (Å²) in [5.74, 6) is -0.965. The SMILES string of the molecule is O=S(=O)(c1cccc(F)c1)N1CCN(c2nc(Cc3cc(F)cc(Cl)c3)cs2)CC1. The lowest BCUT2D eigenvalue weighted by Gasteiger charge is -2.33. The Morgan fingerprint density at radius 2 is 1.80 bits per heavy atom. The average Bonchev–Trinajstić information content (AvgIpc) is 3.16. The third-order valence-corrected chi connectivity index (χ3v) is 7.85. The molecule has 2 aromatic carbocycles. The Labute approximate surface area is 182 Å². The highest BCUT2D eigenvalue weighted by Gasteiger charge is 2.29. The van der Waals surface area contributed by atoms with Gasteiger partial charge in [-0.25, -0.2) is 22.2 Å². The van der Waals surface area contributed by atoms with Crippen molar-refractivity contribution < 1.29 is 17.2 Å². The number of anilines is 1. The maximum atomic E-state index is 13.5. The Balaban J connectivity index is 1.41. The first kappa shape index (κ1) is 21.2. The largest absolute Gasteiger partial charge is 0.345 e. The molecule has 1 aliphatic rings. The summed E-state index contributed by atoms with van der Waals surface area (Å²) in [6, 6.07) is 9.44. The Morgan fingerprint density at radius 3 is 2.50 bits per heavy atom. The first-order valence-corrected chi connectivity index (χ1v) is 11.9. The summed E-state index contributed by atoms with van der Waals surface area (Å²) in [6.07, 6.45) is 0.460. The van der Waals surface area contributed by atoms with Gasteiger partial charge >= 0.3 is 0 Å². The van der Waals surface area contributed by atoms with Gasteiger partial charge in [-0.3, -0.25) is 0 Å². The van der Waals surface area contributed by atoms with Crippen LogP contribution in [0.15, 0.2) is 52.7 Å². The van der Waals surface area contributed by atoms with Crippen LogP contribution in [0.2, 0.25) is 5.02 Å². The van der Waals surface area contributed by atoms with Crippen LogP contribution in [0.1, 0.15) is 11.3 Å². The number of hydrogen-bond donors (Lipinski definition) is 0. The van der Waals surface area contributed by atoms with Crippen molar-refractivity contribution >= 4 is 38.1 Å². The summed E-state index contributed by atoms with van der Waals surface area (Å²) in [6.45, 7) is 1.53. The van der Waals surface area contributed by atoms with Crippen LogP contribution in [-0.4, -0.2) is 43.9 Å². The maximum Gasteiger partial charge on any atom is 0.243 e. The zero-order valence-corrected chi connectivity index (χ0v) is 18.2. The summed E-state index contributed by atoms with van der Waals surface area (Å²) < 4.78 is 53.8. The average molecular weight is 470 g/mol. The van der Waals surface area contributed by atoms with Gasteiger partial charge in [0.25, 0.3) is 0 Å². The number of thiazole rings is 1. The number of sulfonamides is 1. The summed E-state index contributed by atoms with van der Waals surface area (Å²) in [5, 5.41) is 3.04. The van der Waals surface area contributed by atoms with Gasteiger partial charge in [0.1, 0.15) is 11.6 Å². The number of halogens is 3. The fraction of sp³-hybridized carbons (Fsp3) is 0.250. The second kappa shape index (κ2) is 8.58. The first-order valence-electron chi connectivity index (χ1n) is 9.21. The van der Waals surface area contributed by atoms with Crippen molar-refractivity contribution in [3.8, 4) is 0 Å². The smallest absolute Gasteiger partial charge is 0.243 e. The van der Waals surface area contributed by atoms with Gasteiger partial charge in [0.2, 0.25) is 10.0 Å². The molecule has 1 aromatic heterocycles. The molecular weight excluding hydrogens is 452 g/mol. The minimum absolute atomic E-state index is 0.0405. The van der Waals surface area contributed by atoms with E-state index in [0.29, 0.717) is 24.5 Å². The Kier molecular flexibility index (Phi) is 6.06. The highest BCUT2D eigenvalue weighted by Crippen LogP contribution is 2.26. The zero-order chi connectivity index (χ0) is 21.3. The van der Waals surface area contributed by atoms with Gasteiger partial charge in [-0.2, -0.15) is 4.31 Å². The highest BCUT2D eigenvalue weighted by atomic mass is 35.5. The summed E-state index contributed by atoms with van der Waals surface area (Å²) in [4.78, 5) is 6.58. The van der Waals surface area contributed by atoms with Crippen LogP contribution in [0.5, 0.6) is 0 Å². The van der Waals surface area contributed by atoms with E-state index in [2.05, 4.69) is 4.98 Å². The van der Waals surface area contributed by atoms with Gasteiger partial charge in [0.05, 0.1) is 10.6 Å². The molecule has 0 aliphatic carbocycles. The molecule has 2 heterocycles. The predicted molar refractivity (Wildman–Crippen MR) is 114 cm³/mol. The Morgan fingerprint density at radius 1 is 1.03 bits per heavy atom. The van der Waals surface area contributed by atoms with Crippen molar-refractivity contribution in [1.29, 1.82) is 0 Å². The van der Waals surface area contributed by atoms with E-state index in [1.807, 2.05) is 10.3 Å².